The van der Waals surface area contributed by atoms with Gasteiger partial charge in [-0.2, -0.15) is 0 Å². The fourth-order valence-corrected chi connectivity index (χ4v) is 3.25. The van der Waals surface area contributed by atoms with E-state index in [0.29, 0.717) is 11.3 Å². The van der Waals surface area contributed by atoms with Crippen molar-refractivity contribution in [3.05, 3.63) is 59.7 Å². The molecule has 0 spiro atoms. The Morgan fingerprint density at radius 2 is 1.67 bits per heavy atom. The van der Waals surface area contributed by atoms with Crippen LogP contribution in [0.15, 0.2) is 53.4 Å². The second-order valence-electron chi connectivity index (χ2n) is 6.16. The molecule has 126 valence electrons. The van der Waals surface area contributed by atoms with Crippen LogP contribution in [-0.2, 0) is 4.79 Å². The minimum absolute atomic E-state index is 0.0301. The summed E-state index contributed by atoms with van der Waals surface area (Å²) in [5, 5.41) is 2.66. The first-order valence-corrected chi connectivity index (χ1v) is 8.93. The van der Waals surface area contributed by atoms with Crippen molar-refractivity contribution in [3.63, 3.8) is 0 Å². The number of benzene rings is 2. The van der Waals surface area contributed by atoms with Gasteiger partial charge in [-0.1, -0.05) is 31.5 Å². The number of carbonyl (C=O) groups excluding carboxylic acids is 2. The number of ketones is 1. The van der Waals surface area contributed by atoms with Crippen molar-refractivity contribution in [2.24, 2.45) is 5.92 Å². The number of hydrogen-bond donors (Lipinski definition) is 1. The van der Waals surface area contributed by atoms with Gasteiger partial charge in [0.25, 0.3) is 0 Å². The van der Waals surface area contributed by atoms with Crippen molar-refractivity contribution < 1.29 is 9.59 Å². The highest BCUT2D eigenvalue weighted by Gasteiger charge is 2.17. The molecule has 0 fully saturated rings. The number of Topliss-reactive ketones (excluding diaryl/α,β-unsaturated/α-hetero) is 1. The molecule has 2 rings (SSSR count). The number of hydrogen-bond acceptors (Lipinski definition) is 3. The number of nitrogens with one attached hydrogen (secondary N) is 1. The second-order valence-corrected chi connectivity index (χ2v) is 7.58. The maximum Gasteiger partial charge on any atom is 0.226 e. The predicted octanol–water partition coefficient (Wildman–Crippen LogP) is 4.95. The molecule has 2 aromatic carbocycles. The lowest BCUT2D eigenvalue weighted by Crippen LogP contribution is -2.18. The molecule has 0 saturated heterocycles. The van der Waals surface area contributed by atoms with Crippen LogP contribution in [0.25, 0.3) is 0 Å². The van der Waals surface area contributed by atoms with Crippen molar-refractivity contribution in [1.82, 2.24) is 0 Å². The molecule has 24 heavy (non-hydrogen) atoms. The quantitative estimate of drug-likeness (QED) is 0.597. The second kappa shape index (κ2) is 8.15. The van der Waals surface area contributed by atoms with Gasteiger partial charge in [-0.05, 0) is 50.2 Å². The largest absolute Gasteiger partial charge is 0.326 e. The molecule has 3 nitrogen and oxygen atoms in total. The SMILES string of the molecule is Cc1cccc(SC(C)C(=O)c2ccc(NC(=O)C(C)C)cc2)c1. The summed E-state index contributed by atoms with van der Waals surface area (Å²) in [6.07, 6.45) is 0. The zero-order chi connectivity index (χ0) is 17.7. The highest BCUT2D eigenvalue weighted by Crippen LogP contribution is 2.26. The summed E-state index contributed by atoms with van der Waals surface area (Å²) < 4.78 is 0. The summed E-state index contributed by atoms with van der Waals surface area (Å²) in [6, 6.07) is 15.2. The number of carbonyl (C=O) groups is 2. The molecule has 0 aliphatic heterocycles. The van der Waals surface area contributed by atoms with Crippen LogP contribution in [0.3, 0.4) is 0 Å². The van der Waals surface area contributed by atoms with Gasteiger partial charge in [-0.3, -0.25) is 9.59 Å². The summed E-state index contributed by atoms with van der Waals surface area (Å²) in [5.41, 5.74) is 2.55. The van der Waals surface area contributed by atoms with Gasteiger partial charge in [-0.15, -0.1) is 11.8 Å². The fourth-order valence-electron chi connectivity index (χ4n) is 2.19. The van der Waals surface area contributed by atoms with Gasteiger partial charge in [0.05, 0.1) is 5.25 Å². The molecule has 4 heteroatoms. The van der Waals surface area contributed by atoms with E-state index >= 15 is 0 Å². The zero-order valence-electron chi connectivity index (χ0n) is 14.5. The van der Waals surface area contributed by atoms with Gasteiger partial charge in [0.15, 0.2) is 5.78 Å². The standard InChI is InChI=1S/C20H23NO2S/c1-13(2)20(23)21-17-10-8-16(9-11-17)19(22)15(4)24-18-7-5-6-14(3)12-18/h5-13,15H,1-4H3,(H,21,23). The molecule has 0 saturated carbocycles. The highest BCUT2D eigenvalue weighted by atomic mass is 32.2. The molecule has 0 aromatic heterocycles. The summed E-state index contributed by atoms with van der Waals surface area (Å²) in [5.74, 6) is -0.0160. The van der Waals surface area contributed by atoms with Crippen LogP contribution in [-0.4, -0.2) is 16.9 Å². The molecule has 1 atom stereocenters. The van der Waals surface area contributed by atoms with Crippen LogP contribution in [0.2, 0.25) is 0 Å². The third-order valence-electron chi connectivity index (χ3n) is 3.63. The van der Waals surface area contributed by atoms with Crippen LogP contribution in [0.5, 0.6) is 0 Å². The van der Waals surface area contributed by atoms with Gasteiger partial charge in [0.2, 0.25) is 5.91 Å². The van der Waals surface area contributed by atoms with Crippen molar-refractivity contribution in [2.75, 3.05) is 5.32 Å². The van der Waals surface area contributed by atoms with Crippen LogP contribution in [0, 0.1) is 12.8 Å². The Morgan fingerprint density at radius 1 is 1.00 bits per heavy atom. The maximum atomic E-state index is 12.6. The predicted molar refractivity (Wildman–Crippen MR) is 101 cm³/mol. The number of anilines is 1. The number of thioether (sulfide) groups is 1. The Balaban J connectivity index is 2.02. The molecule has 0 aliphatic carbocycles. The molecule has 1 N–H and O–H groups in total. The minimum Gasteiger partial charge on any atom is -0.326 e. The van der Waals surface area contributed by atoms with Crippen molar-refractivity contribution in [2.45, 2.75) is 37.8 Å². The fraction of sp³-hybridized carbons (Fsp3) is 0.300. The van der Waals surface area contributed by atoms with Gasteiger partial charge < -0.3 is 5.32 Å². The minimum atomic E-state index is -0.164. The molecule has 0 aliphatic rings. The van der Waals surface area contributed by atoms with E-state index in [1.807, 2.05) is 45.9 Å². The Morgan fingerprint density at radius 3 is 2.25 bits per heavy atom. The van der Waals surface area contributed by atoms with Crippen molar-refractivity contribution >= 4 is 29.1 Å². The Hall–Kier alpha value is -2.07. The summed E-state index contributed by atoms with van der Waals surface area (Å²) >= 11 is 1.56. The summed E-state index contributed by atoms with van der Waals surface area (Å²) in [4.78, 5) is 25.4. The molecule has 1 amide bonds. The first-order chi connectivity index (χ1) is 11.4. The van der Waals surface area contributed by atoms with Crippen LogP contribution >= 0.6 is 11.8 Å². The Bertz CT molecular complexity index is 723. The van der Waals surface area contributed by atoms with E-state index in [0.717, 1.165) is 4.90 Å². The summed E-state index contributed by atoms with van der Waals surface area (Å²) in [6.45, 7) is 7.65. The van der Waals surface area contributed by atoms with E-state index in [1.165, 1.54) is 5.56 Å². The zero-order valence-corrected chi connectivity index (χ0v) is 15.3. The van der Waals surface area contributed by atoms with Crippen LogP contribution < -0.4 is 5.32 Å². The van der Waals surface area contributed by atoms with Crippen LogP contribution in [0.4, 0.5) is 5.69 Å². The first-order valence-electron chi connectivity index (χ1n) is 8.05. The number of rotatable bonds is 6. The maximum absolute atomic E-state index is 12.6. The molecular weight excluding hydrogens is 318 g/mol. The molecule has 0 heterocycles. The highest BCUT2D eigenvalue weighted by molar-refractivity contribution is 8.00. The monoisotopic (exact) mass is 341 g/mol. The van der Waals surface area contributed by atoms with E-state index in [1.54, 1.807) is 36.0 Å². The third kappa shape index (κ3) is 4.96. The van der Waals surface area contributed by atoms with Gasteiger partial charge in [-0.25, -0.2) is 0 Å². The van der Waals surface area contributed by atoms with Gasteiger partial charge >= 0.3 is 0 Å². The van der Waals surface area contributed by atoms with E-state index in [2.05, 4.69) is 11.4 Å². The average Bonchev–Trinajstić information content (AvgIpc) is 2.54. The third-order valence-corrected chi connectivity index (χ3v) is 4.73. The molecule has 0 radical (unpaired) electrons. The Kier molecular flexibility index (Phi) is 6.21. The first kappa shape index (κ1) is 18.3. The average molecular weight is 341 g/mol. The van der Waals surface area contributed by atoms with Gasteiger partial charge in [0, 0.05) is 22.1 Å². The lowest BCUT2D eigenvalue weighted by atomic mass is 10.1. The molecular formula is C20H23NO2S. The topological polar surface area (TPSA) is 46.2 Å². The molecule has 2 aromatic rings. The smallest absolute Gasteiger partial charge is 0.226 e. The van der Waals surface area contributed by atoms with E-state index in [-0.39, 0.29) is 22.9 Å². The lowest BCUT2D eigenvalue weighted by Gasteiger charge is -2.12. The van der Waals surface area contributed by atoms with Gasteiger partial charge in [0.1, 0.15) is 0 Å². The number of amides is 1. The summed E-state index contributed by atoms with van der Waals surface area (Å²) in [7, 11) is 0. The lowest BCUT2D eigenvalue weighted by molar-refractivity contribution is -0.118. The van der Waals surface area contributed by atoms with E-state index in [4.69, 9.17) is 0 Å². The van der Waals surface area contributed by atoms with Crippen molar-refractivity contribution in [1.29, 1.82) is 0 Å². The number of aryl methyl sites for hydroxylation is 1. The molecule has 1 unspecified atom stereocenters. The Labute approximate surface area is 147 Å². The van der Waals surface area contributed by atoms with E-state index < -0.39 is 0 Å². The van der Waals surface area contributed by atoms with E-state index in [9.17, 15) is 9.59 Å². The van der Waals surface area contributed by atoms with Crippen LogP contribution in [0.1, 0.15) is 36.7 Å². The normalized spacial score (nSPS) is 12.0. The van der Waals surface area contributed by atoms with Crippen molar-refractivity contribution in [3.8, 4) is 0 Å². The molecule has 0 bridgehead atoms.